The Morgan fingerprint density at radius 1 is 1.24 bits per heavy atom. The highest BCUT2D eigenvalue weighted by atomic mass is 32.2. The van der Waals surface area contributed by atoms with Gasteiger partial charge in [-0.1, -0.05) is 17.7 Å². The van der Waals surface area contributed by atoms with E-state index in [-0.39, 0.29) is 0 Å². The fraction of sp³-hybridized carbons (Fsp3) is 0.500. The van der Waals surface area contributed by atoms with Crippen LogP contribution in [0.15, 0.2) is 29.2 Å². The molecule has 0 unspecified atom stereocenters. The fourth-order valence-corrected chi connectivity index (χ4v) is 4.40. The molecule has 1 aliphatic carbocycles. The molecule has 0 spiro atoms. The Morgan fingerprint density at radius 2 is 1.76 bits per heavy atom. The predicted molar refractivity (Wildman–Crippen MR) is 67.3 cm³/mol. The van der Waals surface area contributed by atoms with Crippen molar-refractivity contribution in [1.29, 1.82) is 0 Å². The highest BCUT2D eigenvalue weighted by Crippen LogP contribution is 2.50. The van der Waals surface area contributed by atoms with Gasteiger partial charge in [0.2, 0.25) is 0 Å². The zero-order valence-electron chi connectivity index (χ0n) is 9.89. The first-order valence-corrected chi connectivity index (χ1v) is 7.21. The summed E-state index contributed by atoms with van der Waals surface area (Å²) in [5.74, 6) is 0. The lowest BCUT2D eigenvalue weighted by Gasteiger charge is -2.12. The molecule has 2 rings (SSSR count). The van der Waals surface area contributed by atoms with Crippen molar-refractivity contribution in [2.24, 2.45) is 16.9 Å². The van der Waals surface area contributed by atoms with Crippen LogP contribution in [-0.4, -0.2) is 26.8 Å². The Labute approximate surface area is 102 Å². The van der Waals surface area contributed by atoms with Gasteiger partial charge in [0, 0.05) is 18.5 Å². The Kier molecular flexibility index (Phi) is 3.01. The molecule has 1 aliphatic rings. The minimum atomic E-state index is -3.27. The largest absolute Gasteiger partial charge is 0.330 e. The third kappa shape index (κ3) is 1.99. The minimum absolute atomic E-state index is 0.333. The van der Waals surface area contributed by atoms with E-state index in [2.05, 4.69) is 0 Å². The van der Waals surface area contributed by atoms with E-state index in [1.165, 1.54) is 0 Å². The second kappa shape index (κ2) is 4.08. The summed E-state index contributed by atoms with van der Waals surface area (Å²) < 4.78 is 24.7. The molecule has 94 valence electrons. The SMILES string of the molecule is Cc1ccc(S(=O)(=O)[C@H]2CC2(CN)CN)cc1. The van der Waals surface area contributed by atoms with Crippen LogP contribution < -0.4 is 11.5 Å². The van der Waals surface area contributed by atoms with Gasteiger partial charge in [-0.05, 0) is 25.5 Å². The van der Waals surface area contributed by atoms with E-state index >= 15 is 0 Å². The number of aryl methyl sites for hydroxylation is 1. The molecule has 1 aromatic carbocycles. The van der Waals surface area contributed by atoms with Gasteiger partial charge in [0.25, 0.3) is 0 Å². The average molecular weight is 254 g/mol. The smallest absolute Gasteiger partial charge is 0.181 e. The monoisotopic (exact) mass is 254 g/mol. The van der Waals surface area contributed by atoms with Crippen LogP contribution in [0.1, 0.15) is 12.0 Å². The maximum Gasteiger partial charge on any atom is 0.181 e. The molecule has 0 saturated heterocycles. The maximum absolute atomic E-state index is 12.3. The molecule has 0 bridgehead atoms. The van der Waals surface area contributed by atoms with Gasteiger partial charge in [-0.3, -0.25) is 0 Å². The molecule has 17 heavy (non-hydrogen) atoms. The van der Waals surface area contributed by atoms with Crippen LogP contribution in [0.5, 0.6) is 0 Å². The normalized spacial score (nSPS) is 22.4. The molecule has 0 radical (unpaired) electrons. The van der Waals surface area contributed by atoms with Crippen molar-refractivity contribution in [3.05, 3.63) is 29.8 Å². The van der Waals surface area contributed by atoms with E-state index in [1.807, 2.05) is 19.1 Å². The molecule has 5 heteroatoms. The molecule has 1 atom stereocenters. The molecule has 0 heterocycles. The van der Waals surface area contributed by atoms with Gasteiger partial charge in [-0.2, -0.15) is 0 Å². The summed E-state index contributed by atoms with van der Waals surface area (Å²) in [7, 11) is -3.27. The molecule has 1 saturated carbocycles. The summed E-state index contributed by atoms with van der Waals surface area (Å²) in [6, 6.07) is 6.92. The van der Waals surface area contributed by atoms with Gasteiger partial charge >= 0.3 is 0 Å². The second-order valence-electron chi connectivity index (χ2n) is 4.82. The van der Waals surface area contributed by atoms with Crippen LogP contribution in [0.25, 0.3) is 0 Å². The molecule has 0 aromatic heterocycles. The number of nitrogens with two attached hydrogens (primary N) is 2. The average Bonchev–Trinajstić information content (AvgIpc) is 3.06. The quantitative estimate of drug-likeness (QED) is 0.816. The van der Waals surface area contributed by atoms with E-state index in [4.69, 9.17) is 11.5 Å². The van der Waals surface area contributed by atoms with Crippen LogP contribution >= 0.6 is 0 Å². The molecule has 4 nitrogen and oxygen atoms in total. The van der Waals surface area contributed by atoms with E-state index in [9.17, 15) is 8.42 Å². The third-order valence-corrected chi connectivity index (χ3v) is 6.00. The highest BCUT2D eigenvalue weighted by molar-refractivity contribution is 7.92. The Balaban J connectivity index is 2.30. The Morgan fingerprint density at radius 3 is 2.18 bits per heavy atom. The van der Waals surface area contributed by atoms with Gasteiger partial charge in [-0.15, -0.1) is 0 Å². The van der Waals surface area contributed by atoms with E-state index in [0.717, 1.165) is 5.56 Å². The molecule has 1 fully saturated rings. The van der Waals surface area contributed by atoms with Gasteiger partial charge < -0.3 is 11.5 Å². The van der Waals surface area contributed by atoms with Crippen molar-refractivity contribution >= 4 is 9.84 Å². The number of hydrogen-bond donors (Lipinski definition) is 2. The van der Waals surface area contributed by atoms with Crippen molar-refractivity contribution < 1.29 is 8.42 Å². The molecular weight excluding hydrogens is 236 g/mol. The summed E-state index contributed by atoms with van der Waals surface area (Å²) in [5, 5.41) is -0.410. The van der Waals surface area contributed by atoms with Crippen LogP contribution in [0, 0.1) is 12.3 Å². The first-order valence-electron chi connectivity index (χ1n) is 5.67. The van der Waals surface area contributed by atoms with Crippen LogP contribution in [0.4, 0.5) is 0 Å². The van der Waals surface area contributed by atoms with Gasteiger partial charge in [0.1, 0.15) is 0 Å². The van der Waals surface area contributed by atoms with Crippen molar-refractivity contribution in [3.63, 3.8) is 0 Å². The van der Waals surface area contributed by atoms with Crippen LogP contribution in [0.3, 0.4) is 0 Å². The Hall–Kier alpha value is -0.910. The zero-order chi connectivity index (χ0) is 12.7. The summed E-state index contributed by atoms with van der Waals surface area (Å²) in [4.78, 5) is 0.372. The zero-order valence-corrected chi connectivity index (χ0v) is 10.7. The van der Waals surface area contributed by atoms with Crippen LogP contribution in [-0.2, 0) is 9.84 Å². The first kappa shape index (κ1) is 12.5. The second-order valence-corrected chi connectivity index (χ2v) is 6.95. The van der Waals surface area contributed by atoms with Crippen molar-refractivity contribution in [2.75, 3.05) is 13.1 Å². The molecule has 4 N–H and O–H groups in total. The first-order chi connectivity index (χ1) is 7.96. The van der Waals surface area contributed by atoms with Gasteiger partial charge in [0.05, 0.1) is 10.1 Å². The predicted octanol–water partition coefficient (Wildman–Crippen LogP) is 0.445. The fourth-order valence-electron chi connectivity index (χ4n) is 2.15. The van der Waals surface area contributed by atoms with Crippen molar-refractivity contribution in [1.82, 2.24) is 0 Å². The molecule has 1 aromatic rings. The summed E-state index contributed by atoms with van der Waals surface area (Å²) >= 11 is 0. The number of hydrogen-bond acceptors (Lipinski definition) is 4. The minimum Gasteiger partial charge on any atom is -0.330 e. The topological polar surface area (TPSA) is 86.2 Å². The van der Waals surface area contributed by atoms with E-state index in [1.54, 1.807) is 12.1 Å². The van der Waals surface area contributed by atoms with Crippen molar-refractivity contribution in [2.45, 2.75) is 23.5 Å². The standard InChI is InChI=1S/C12H18N2O2S/c1-9-2-4-10(5-3-9)17(15,16)11-6-12(11,7-13)8-14/h2-5,11H,6-8,13-14H2,1H3/t11-/m0/s1. The third-order valence-electron chi connectivity index (χ3n) is 3.65. The number of benzene rings is 1. The van der Waals surface area contributed by atoms with E-state index < -0.39 is 20.5 Å². The summed E-state index contributed by atoms with van der Waals surface area (Å²) in [6.45, 7) is 2.59. The molecule has 0 aliphatic heterocycles. The van der Waals surface area contributed by atoms with Crippen molar-refractivity contribution in [3.8, 4) is 0 Å². The Bertz CT molecular complexity index is 504. The summed E-state index contributed by atoms with van der Waals surface area (Å²) in [6.07, 6.45) is 0.580. The lowest BCUT2D eigenvalue weighted by atomic mass is 10.1. The van der Waals surface area contributed by atoms with Crippen LogP contribution in [0.2, 0.25) is 0 Å². The lowest BCUT2D eigenvalue weighted by molar-refractivity contribution is 0.525. The maximum atomic E-state index is 12.3. The molecule has 0 amide bonds. The van der Waals surface area contributed by atoms with Gasteiger partial charge in [0.15, 0.2) is 9.84 Å². The molecular formula is C12H18N2O2S. The van der Waals surface area contributed by atoms with Gasteiger partial charge in [-0.25, -0.2) is 8.42 Å². The highest BCUT2D eigenvalue weighted by Gasteiger charge is 2.59. The lowest BCUT2D eigenvalue weighted by Crippen LogP contribution is -2.31. The number of rotatable bonds is 4. The summed E-state index contributed by atoms with van der Waals surface area (Å²) in [5.41, 5.74) is 11.9. The van der Waals surface area contributed by atoms with E-state index in [0.29, 0.717) is 24.4 Å². The number of sulfone groups is 1.